The average molecular weight is 246 g/mol. The minimum absolute atomic E-state index is 0.873. The van der Waals surface area contributed by atoms with Crippen LogP contribution in [0.3, 0.4) is 0 Å². The van der Waals surface area contributed by atoms with Crippen molar-refractivity contribution in [3.63, 3.8) is 0 Å². The summed E-state index contributed by atoms with van der Waals surface area (Å²) in [6.45, 7) is 3.15. The van der Waals surface area contributed by atoms with Gasteiger partial charge in [-0.25, -0.2) is 9.97 Å². The zero-order valence-corrected chi connectivity index (χ0v) is 11.2. The Labute approximate surface area is 109 Å². The molecule has 1 aromatic heterocycles. The van der Waals surface area contributed by atoms with E-state index in [2.05, 4.69) is 27.5 Å². The molecule has 0 amide bonds. The Morgan fingerprint density at radius 1 is 1.17 bits per heavy atom. The highest BCUT2D eigenvalue weighted by Crippen LogP contribution is 2.49. The first-order valence-electron chi connectivity index (χ1n) is 7.03. The molecule has 0 atom stereocenters. The van der Waals surface area contributed by atoms with Gasteiger partial charge in [0.05, 0.1) is 0 Å². The maximum Gasteiger partial charge on any atom is 0.134 e. The van der Waals surface area contributed by atoms with Crippen LogP contribution in [0.4, 0.5) is 11.6 Å². The van der Waals surface area contributed by atoms with Crippen molar-refractivity contribution in [3.05, 3.63) is 11.9 Å². The van der Waals surface area contributed by atoms with Crippen molar-refractivity contribution in [2.45, 2.75) is 32.6 Å². The fourth-order valence-electron chi connectivity index (χ4n) is 2.86. The zero-order chi connectivity index (χ0) is 12.5. The van der Waals surface area contributed by atoms with Crippen molar-refractivity contribution < 1.29 is 0 Å². The van der Waals surface area contributed by atoms with Crippen molar-refractivity contribution in [2.75, 3.05) is 24.2 Å². The Bertz CT molecular complexity index is 412. The third kappa shape index (κ3) is 2.42. The lowest BCUT2D eigenvalue weighted by Gasteiger charge is -2.18. The summed E-state index contributed by atoms with van der Waals surface area (Å²) in [5.74, 6) is 4.74. The molecule has 1 heterocycles. The monoisotopic (exact) mass is 246 g/mol. The molecule has 0 aromatic carbocycles. The Hall–Kier alpha value is -1.32. The predicted molar refractivity (Wildman–Crippen MR) is 73.7 cm³/mol. The van der Waals surface area contributed by atoms with E-state index in [9.17, 15) is 0 Å². The summed E-state index contributed by atoms with van der Waals surface area (Å²) in [5, 5.41) is 6.64. The fourth-order valence-corrected chi connectivity index (χ4v) is 2.86. The normalized spacial score (nSPS) is 19.1. The lowest BCUT2D eigenvalue weighted by Crippen LogP contribution is -2.19. The summed E-state index contributed by atoms with van der Waals surface area (Å²) in [7, 11) is 1.90. The second-order valence-corrected chi connectivity index (χ2v) is 5.67. The summed E-state index contributed by atoms with van der Waals surface area (Å²) in [6.07, 6.45) is 7.38. The van der Waals surface area contributed by atoms with Crippen LogP contribution in [0.25, 0.3) is 0 Å². The van der Waals surface area contributed by atoms with Crippen molar-refractivity contribution in [1.29, 1.82) is 0 Å². The number of aromatic nitrogens is 2. The third-order valence-corrected chi connectivity index (χ3v) is 4.28. The maximum atomic E-state index is 4.36. The van der Waals surface area contributed by atoms with Crippen LogP contribution >= 0.6 is 0 Å². The van der Waals surface area contributed by atoms with Crippen molar-refractivity contribution >= 4 is 11.6 Å². The number of anilines is 2. The molecule has 2 aliphatic carbocycles. The third-order valence-electron chi connectivity index (χ3n) is 4.28. The van der Waals surface area contributed by atoms with E-state index in [1.54, 1.807) is 6.33 Å². The minimum atomic E-state index is 0.873. The van der Waals surface area contributed by atoms with Gasteiger partial charge < -0.3 is 10.6 Å². The summed E-state index contributed by atoms with van der Waals surface area (Å²) in [4.78, 5) is 8.57. The van der Waals surface area contributed by atoms with Crippen LogP contribution in [0.5, 0.6) is 0 Å². The standard InChI is InChI=1S/C14H22N4/c1-9-13(15-2)17-8-18-14(9)16-7-12(10-3-4-10)11-5-6-11/h8,10-12H,3-7H2,1-2H3,(H2,15,16,17,18). The van der Waals surface area contributed by atoms with E-state index in [1.807, 2.05) is 7.05 Å². The SMILES string of the molecule is CNc1ncnc(NCC(C2CC2)C2CC2)c1C. The van der Waals surface area contributed by atoms with Crippen LogP contribution in [0.15, 0.2) is 6.33 Å². The van der Waals surface area contributed by atoms with E-state index in [4.69, 9.17) is 0 Å². The summed E-state index contributed by atoms with van der Waals surface area (Å²) >= 11 is 0. The van der Waals surface area contributed by atoms with Gasteiger partial charge in [-0.15, -0.1) is 0 Å². The van der Waals surface area contributed by atoms with Crippen molar-refractivity contribution in [1.82, 2.24) is 9.97 Å². The molecule has 2 aliphatic rings. The number of hydrogen-bond donors (Lipinski definition) is 2. The summed E-state index contributed by atoms with van der Waals surface area (Å²) in [5.41, 5.74) is 1.12. The second kappa shape index (κ2) is 4.75. The Morgan fingerprint density at radius 2 is 1.78 bits per heavy atom. The zero-order valence-electron chi connectivity index (χ0n) is 11.2. The van der Waals surface area contributed by atoms with Crippen molar-refractivity contribution in [2.24, 2.45) is 17.8 Å². The van der Waals surface area contributed by atoms with E-state index < -0.39 is 0 Å². The Kier molecular flexibility index (Phi) is 3.10. The van der Waals surface area contributed by atoms with E-state index >= 15 is 0 Å². The minimum Gasteiger partial charge on any atom is -0.373 e. The van der Waals surface area contributed by atoms with Crippen LogP contribution in [0.1, 0.15) is 31.2 Å². The molecule has 3 rings (SSSR count). The van der Waals surface area contributed by atoms with Crippen LogP contribution in [0.2, 0.25) is 0 Å². The first-order valence-corrected chi connectivity index (χ1v) is 7.03. The lowest BCUT2D eigenvalue weighted by molar-refractivity contribution is 0.427. The van der Waals surface area contributed by atoms with Crippen molar-refractivity contribution in [3.8, 4) is 0 Å². The number of nitrogens with one attached hydrogen (secondary N) is 2. The topological polar surface area (TPSA) is 49.8 Å². The highest BCUT2D eigenvalue weighted by molar-refractivity contribution is 5.56. The molecule has 2 fully saturated rings. The van der Waals surface area contributed by atoms with Gasteiger partial charge in [0.1, 0.15) is 18.0 Å². The van der Waals surface area contributed by atoms with Gasteiger partial charge in [-0.2, -0.15) is 0 Å². The van der Waals surface area contributed by atoms with E-state index in [-0.39, 0.29) is 0 Å². The van der Waals surface area contributed by atoms with Crippen LogP contribution in [0, 0.1) is 24.7 Å². The maximum absolute atomic E-state index is 4.36. The molecule has 4 nitrogen and oxygen atoms in total. The molecule has 98 valence electrons. The highest BCUT2D eigenvalue weighted by Gasteiger charge is 2.41. The molecule has 0 radical (unpaired) electrons. The smallest absolute Gasteiger partial charge is 0.134 e. The predicted octanol–water partition coefficient (Wildman–Crippen LogP) is 2.67. The average Bonchev–Trinajstić information content (AvgIpc) is 3.25. The Morgan fingerprint density at radius 3 is 2.33 bits per heavy atom. The van der Waals surface area contributed by atoms with Crippen LogP contribution in [-0.2, 0) is 0 Å². The molecule has 0 spiro atoms. The number of nitrogens with zero attached hydrogens (tertiary/aromatic N) is 2. The van der Waals surface area contributed by atoms with E-state index in [1.165, 1.54) is 25.7 Å². The van der Waals surface area contributed by atoms with E-state index in [0.717, 1.165) is 41.5 Å². The molecule has 2 saturated carbocycles. The first kappa shape index (κ1) is 11.8. The fraction of sp³-hybridized carbons (Fsp3) is 0.714. The first-order chi connectivity index (χ1) is 8.79. The highest BCUT2D eigenvalue weighted by atomic mass is 15.1. The van der Waals surface area contributed by atoms with Gasteiger partial charge in [0.15, 0.2) is 0 Å². The van der Waals surface area contributed by atoms with Gasteiger partial charge in [0, 0.05) is 19.2 Å². The van der Waals surface area contributed by atoms with Crippen LogP contribution < -0.4 is 10.6 Å². The molecule has 18 heavy (non-hydrogen) atoms. The molecule has 1 aromatic rings. The summed E-state index contributed by atoms with van der Waals surface area (Å²) in [6, 6.07) is 0. The largest absolute Gasteiger partial charge is 0.373 e. The lowest BCUT2D eigenvalue weighted by atomic mass is 9.98. The van der Waals surface area contributed by atoms with Crippen LogP contribution in [-0.4, -0.2) is 23.6 Å². The van der Waals surface area contributed by atoms with Gasteiger partial charge in [-0.3, -0.25) is 0 Å². The molecule has 4 heteroatoms. The number of rotatable bonds is 6. The van der Waals surface area contributed by atoms with E-state index in [0.29, 0.717) is 0 Å². The molecule has 2 N–H and O–H groups in total. The van der Waals surface area contributed by atoms with Gasteiger partial charge >= 0.3 is 0 Å². The Balaban J connectivity index is 1.65. The quantitative estimate of drug-likeness (QED) is 0.810. The molecule has 0 bridgehead atoms. The molecule has 0 aliphatic heterocycles. The van der Waals surface area contributed by atoms with Gasteiger partial charge in [0.25, 0.3) is 0 Å². The van der Waals surface area contributed by atoms with Gasteiger partial charge in [0.2, 0.25) is 0 Å². The second-order valence-electron chi connectivity index (χ2n) is 5.67. The number of hydrogen-bond acceptors (Lipinski definition) is 4. The molecule has 0 unspecified atom stereocenters. The molecular weight excluding hydrogens is 224 g/mol. The summed E-state index contributed by atoms with van der Waals surface area (Å²) < 4.78 is 0. The molecule has 0 saturated heterocycles. The molecular formula is C14H22N4. The van der Waals surface area contributed by atoms with Gasteiger partial charge in [-0.1, -0.05) is 0 Å². The van der Waals surface area contributed by atoms with Gasteiger partial charge in [-0.05, 0) is 50.4 Å².